The third-order valence-corrected chi connectivity index (χ3v) is 26.6. The van der Waals surface area contributed by atoms with Crippen LogP contribution < -0.4 is 28.1 Å². The average Bonchev–Trinajstić information content (AvgIpc) is 2.82. The average molecular weight is 508 g/mol. The molecule has 0 aliphatic heterocycles. The molecule has 1 aliphatic carbocycles. The molecule has 0 bridgehead atoms. The Hall–Kier alpha value is -0.163. The largest absolute Gasteiger partial charge is 1.00 e. The molecule has 113 valence electrons. The van der Waals surface area contributed by atoms with Gasteiger partial charge in [0.25, 0.3) is 0 Å². The van der Waals surface area contributed by atoms with Gasteiger partial charge in [-0.3, -0.25) is 0 Å². The molecular formula is C15H20Cl2HfNOSi. The van der Waals surface area contributed by atoms with Crippen molar-refractivity contribution >= 4 is 11.9 Å². The Labute approximate surface area is 148 Å². The quantitative estimate of drug-likeness (QED) is 0.438. The summed E-state index contributed by atoms with van der Waals surface area (Å²) in [5.41, 5.74) is 2.16. The first-order chi connectivity index (χ1) is 9.08. The predicted molar refractivity (Wildman–Crippen MR) is 79.2 cm³/mol. The molecule has 0 radical (unpaired) electrons. The van der Waals surface area contributed by atoms with Crippen LogP contribution >= 0.6 is 0 Å². The third-order valence-electron chi connectivity index (χ3n) is 3.25. The molecule has 0 saturated heterocycles. The van der Waals surface area contributed by atoms with E-state index in [0.717, 1.165) is 12.0 Å². The minimum Gasteiger partial charge on any atom is -1.00 e. The number of rotatable bonds is 4. The second-order valence-corrected chi connectivity index (χ2v) is 30.9. The van der Waals surface area contributed by atoms with Crippen molar-refractivity contribution in [1.29, 1.82) is 0 Å². The molecule has 1 aromatic carbocycles. The van der Waals surface area contributed by atoms with E-state index in [2.05, 4.69) is 35.5 Å². The summed E-state index contributed by atoms with van der Waals surface area (Å²) in [6.07, 6.45) is 5.68. The van der Waals surface area contributed by atoms with E-state index >= 15 is 0 Å². The maximum atomic E-state index is 12.3. The Balaban J connectivity index is 0.00000200. The maximum absolute atomic E-state index is 12.3. The number of benzene rings is 1. The Morgan fingerprint density at radius 2 is 1.81 bits per heavy atom. The number of hydrogen-bond acceptors (Lipinski definition) is 1. The second-order valence-electron chi connectivity index (χ2n) is 5.21. The monoisotopic (exact) mass is 508 g/mol. The molecule has 6 heteroatoms. The van der Waals surface area contributed by atoms with Gasteiger partial charge in [0, 0.05) is 0 Å². The molecule has 0 unspecified atom stereocenters. The Morgan fingerprint density at radius 3 is 2.29 bits per heavy atom. The van der Waals surface area contributed by atoms with E-state index in [1.165, 1.54) is 5.57 Å². The smallest absolute Gasteiger partial charge is 1.00 e. The summed E-state index contributed by atoms with van der Waals surface area (Å²) in [5.74, 6) is -0.632. The summed E-state index contributed by atoms with van der Waals surface area (Å²) in [5, 5.41) is 0. The molecule has 1 aromatic rings. The molecule has 0 atom stereocenters. The van der Waals surface area contributed by atoms with Gasteiger partial charge in [0.15, 0.2) is 0 Å². The van der Waals surface area contributed by atoms with Crippen molar-refractivity contribution in [3.8, 4) is 0 Å². The van der Waals surface area contributed by atoms with Gasteiger partial charge in [-0.1, -0.05) is 0 Å². The van der Waals surface area contributed by atoms with Crippen molar-refractivity contribution in [2.75, 3.05) is 0 Å². The molecule has 0 aromatic heterocycles. The van der Waals surface area contributed by atoms with Crippen molar-refractivity contribution < 1.29 is 50.5 Å². The van der Waals surface area contributed by atoms with Gasteiger partial charge in [0.1, 0.15) is 0 Å². The van der Waals surface area contributed by atoms with E-state index < -0.39 is 26.9 Å². The van der Waals surface area contributed by atoms with Crippen LogP contribution in [0.5, 0.6) is 0 Å². The van der Waals surface area contributed by atoms with E-state index in [9.17, 15) is 4.79 Å². The zero-order valence-electron chi connectivity index (χ0n) is 12.5. The van der Waals surface area contributed by atoms with Gasteiger partial charge in [-0.05, 0) is 0 Å². The zero-order valence-corrected chi connectivity index (χ0v) is 18.7. The van der Waals surface area contributed by atoms with Gasteiger partial charge in [-0.25, -0.2) is 0 Å². The van der Waals surface area contributed by atoms with E-state index in [-0.39, 0.29) is 30.7 Å². The number of nitrogens with one attached hydrogen (secondary N) is 1. The minimum absolute atomic E-state index is 0. The number of allylic oxidation sites excluding steroid dienone is 4. The van der Waals surface area contributed by atoms with Gasteiger partial charge in [-0.2, -0.15) is 0 Å². The third kappa shape index (κ3) is 5.85. The Morgan fingerprint density at radius 1 is 1.19 bits per heavy atom. The molecule has 0 spiro atoms. The first-order valence-corrected chi connectivity index (χ1v) is 19.4. The molecule has 21 heavy (non-hydrogen) atoms. The van der Waals surface area contributed by atoms with Gasteiger partial charge < -0.3 is 24.8 Å². The molecule has 1 aliphatic rings. The normalized spacial score (nSPS) is 12.8. The summed E-state index contributed by atoms with van der Waals surface area (Å²) < 4.78 is 5.01. The Kier molecular flexibility index (Phi) is 9.70. The molecule has 0 fully saturated rings. The van der Waals surface area contributed by atoms with Crippen molar-refractivity contribution in [3.05, 3.63) is 57.0 Å². The number of hydrogen-bond donors (Lipinski definition) is 1. The molecule has 2 nitrogen and oxygen atoms in total. The first-order valence-electron chi connectivity index (χ1n) is 6.69. The van der Waals surface area contributed by atoms with Crippen LogP contribution in [-0.4, -0.2) is 11.9 Å². The fraction of sp³-hybridized carbons (Fsp3) is 0.267. The van der Waals surface area contributed by atoms with E-state index in [4.69, 9.17) is 0 Å². The maximum Gasteiger partial charge on any atom is -1.00 e. The van der Waals surface area contributed by atoms with Crippen LogP contribution in [0.2, 0.25) is 13.1 Å². The summed E-state index contributed by atoms with van der Waals surface area (Å²) >= 11 is -2.09. The van der Waals surface area contributed by atoms with Crippen LogP contribution in [0.25, 0.3) is 0 Å². The summed E-state index contributed by atoms with van der Waals surface area (Å²) in [7, 11) is 0. The van der Waals surface area contributed by atoms with Crippen LogP contribution in [0.1, 0.15) is 23.7 Å². The van der Waals surface area contributed by atoms with Gasteiger partial charge in [-0.15, -0.1) is 0 Å². The van der Waals surface area contributed by atoms with Crippen molar-refractivity contribution in [2.45, 2.75) is 26.4 Å². The number of amides is 1. The predicted octanol–water partition coefficient (Wildman–Crippen LogP) is -2.83. The van der Waals surface area contributed by atoms with E-state index in [0.29, 0.717) is 0 Å². The minimum atomic E-state index is -2.09. The van der Waals surface area contributed by atoms with Crippen molar-refractivity contribution in [2.24, 2.45) is 0 Å². The van der Waals surface area contributed by atoms with Crippen molar-refractivity contribution in [1.82, 2.24) is 3.30 Å². The number of carbonyl (C=O) groups is 1. The topological polar surface area (TPSA) is 29.1 Å². The van der Waals surface area contributed by atoms with Gasteiger partial charge >= 0.3 is 124 Å². The molecule has 1 N–H and O–H groups in total. The summed E-state index contributed by atoms with van der Waals surface area (Å²) in [6.45, 7) is 6.90. The van der Waals surface area contributed by atoms with Crippen LogP contribution in [-0.2, 0) is 20.9 Å². The van der Waals surface area contributed by atoms with Crippen LogP contribution in [0.3, 0.4) is 0 Å². The number of carbonyl (C=O) groups excluding carboxylic acids is 1. The van der Waals surface area contributed by atoms with Crippen LogP contribution in [0, 0.1) is 0 Å². The van der Waals surface area contributed by atoms with Crippen LogP contribution in [0.4, 0.5) is 0 Å². The first kappa shape index (κ1) is 20.8. The van der Waals surface area contributed by atoms with Gasteiger partial charge in [0.2, 0.25) is 0 Å². The van der Waals surface area contributed by atoms with E-state index in [1.807, 2.05) is 30.3 Å². The molecule has 0 saturated carbocycles. The van der Waals surface area contributed by atoms with Crippen molar-refractivity contribution in [3.63, 3.8) is 0 Å². The summed E-state index contributed by atoms with van der Waals surface area (Å²) in [4.78, 5) is 12.3. The second kappa shape index (κ2) is 9.77. The molecular weight excluding hydrogens is 488 g/mol. The number of halogens is 2. The molecule has 0 heterocycles. The van der Waals surface area contributed by atoms with Gasteiger partial charge in [0.05, 0.1) is 0 Å². The zero-order chi connectivity index (χ0) is 13.8. The standard InChI is InChI=1S/C7H7NO.C6H7.C2H7Si.2ClH.Hf/c8-7(9)6-4-2-1-3-5-6;1-6-4-2-3-5-6;1-3-2;;;/h1-5H,(H2,8,9);4-5H,2H2,1H3;3H,1-2H3;2*1H;/q;;;;;+3/p-3. The molecule has 2 rings (SSSR count). The fourth-order valence-electron chi connectivity index (χ4n) is 2.23. The summed E-state index contributed by atoms with van der Waals surface area (Å²) in [6, 6.07) is 9.59. The molecule has 1 amide bonds. The van der Waals surface area contributed by atoms with E-state index in [1.54, 1.807) is 3.33 Å². The fourth-order valence-corrected chi connectivity index (χ4v) is 21.6. The van der Waals surface area contributed by atoms with Crippen LogP contribution in [0.15, 0.2) is 51.4 Å². The Bertz CT molecular complexity index is 532. The SMILES string of the molecule is CC1=CC[C]([Hf+2]([NH]C(=O)c2ccccc2)[SiH](C)C)=C1.[Cl-].[Cl-].